The average Bonchev–Trinajstić information content (AvgIpc) is 2.35. The van der Waals surface area contributed by atoms with Gasteiger partial charge in [-0.3, -0.25) is 0 Å². The molecule has 7 heteroatoms. The largest absolute Gasteiger partial charge is 0.419 e. The molecule has 0 bridgehead atoms. The van der Waals surface area contributed by atoms with Crippen LogP contribution in [-0.4, -0.2) is 20.3 Å². The van der Waals surface area contributed by atoms with Gasteiger partial charge in [-0.2, -0.15) is 13.2 Å². The zero-order valence-corrected chi connectivity index (χ0v) is 10.9. The summed E-state index contributed by atoms with van der Waals surface area (Å²) < 4.78 is 70.3. The van der Waals surface area contributed by atoms with Crippen molar-refractivity contribution in [3.8, 4) is 0 Å². The number of ether oxygens (including phenoxy) is 1. The Labute approximate surface area is 113 Å². The first-order valence-corrected chi connectivity index (χ1v) is 6.00. The number of benzene rings is 1. The van der Waals surface area contributed by atoms with E-state index in [2.05, 4.69) is 0 Å². The van der Waals surface area contributed by atoms with Crippen LogP contribution in [0.4, 0.5) is 22.0 Å². The van der Waals surface area contributed by atoms with E-state index in [1.807, 2.05) is 0 Å². The van der Waals surface area contributed by atoms with Crippen LogP contribution in [-0.2, 0) is 16.6 Å². The van der Waals surface area contributed by atoms with E-state index in [-0.39, 0.29) is 25.1 Å². The highest BCUT2D eigenvalue weighted by Crippen LogP contribution is 2.36. The van der Waals surface area contributed by atoms with E-state index < -0.39 is 23.2 Å². The van der Waals surface area contributed by atoms with Crippen molar-refractivity contribution in [1.29, 1.82) is 0 Å². The van der Waals surface area contributed by atoms with Crippen LogP contribution in [0.25, 0.3) is 0 Å². The molecule has 0 aromatic heterocycles. The van der Waals surface area contributed by atoms with E-state index in [0.717, 1.165) is 6.07 Å². The molecule has 1 aromatic rings. The van der Waals surface area contributed by atoms with Crippen LogP contribution in [0.2, 0.25) is 0 Å². The molecule has 0 aliphatic rings. The number of alkyl halides is 4. The standard InChI is InChI=1S/C13H16F5NO/c1-20-8-12(15,5-2-6-19)9-3-4-10(11(14)7-9)13(16,17)18/h3-4,7H,2,5-6,8,19H2,1H3. The van der Waals surface area contributed by atoms with Crippen LogP contribution in [0.1, 0.15) is 24.0 Å². The van der Waals surface area contributed by atoms with Gasteiger partial charge in [0.2, 0.25) is 0 Å². The molecule has 0 radical (unpaired) electrons. The average molecular weight is 297 g/mol. The van der Waals surface area contributed by atoms with Gasteiger partial charge < -0.3 is 10.5 Å². The van der Waals surface area contributed by atoms with E-state index in [1.54, 1.807) is 0 Å². The molecule has 2 nitrogen and oxygen atoms in total. The highest BCUT2D eigenvalue weighted by Gasteiger charge is 2.37. The number of halogens is 5. The Kier molecular flexibility index (Phi) is 5.47. The number of methoxy groups -OCH3 is 1. The normalized spacial score (nSPS) is 15.2. The van der Waals surface area contributed by atoms with Crippen molar-refractivity contribution >= 4 is 0 Å². The van der Waals surface area contributed by atoms with Gasteiger partial charge in [-0.05, 0) is 37.1 Å². The second kappa shape index (κ2) is 6.49. The van der Waals surface area contributed by atoms with Gasteiger partial charge in [0.25, 0.3) is 0 Å². The summed E-state index contributed by atoms with van der Waals surface area (Å²) in [5, 5.41) is 0. The Hall–Kier alpha value is -1.21. The van der Waals surface area contributed by atoms with Crippen molar-refractivity contribution in [3.05, 3.63) is 35.1 Å². The quantitative estimate of drug-likeness (QED) is 0.817. The first kappa shape index (κ1) is 16.8. The third kappa shape index (κ3) is 3.89. The SMILES string of the molecule is COCC(F)(CCCN)c1ccc(C(F)(F)F)c(F)c1. The molecule has 0 amide bonds. The second-order valence-electron chi connectivity index (χ2n) is 4.48. The van der Waals surface area contributed by atoms with Crippen LogP contribution in [0.5, 0.6) is 0 Å². The van der Waals surface area contributed by atoms with Crippen molar-refractivity contribution in [2.45, 2.75) is 24.7 Å². The highest BCUT2D eigenvalue weighted by molar-refractivity contribution is 5.30. The Morgan fingerprint density at radius 1 is 1.20 bits per heavy atom. The van der Waals surface area contributed by atoms with Crippen LogP contribution < -0.4 is 5.73 Å². The Morgan fingerprint density at radius 2 is 1.85 bits per heavy atom. The fourth-order valence-electron chi connectivity index (χ4n) is 1.93. The maximum absolute atomic E-state index is 14.7. The number of rotatable bonds is 6. The summed E-state index contributed by atoms with van der Waals surface area (Å²) in [7, 11) is 1.26. The van der Waals surface area contributed by atoms with Gasteiger partial charge in [-0.15, -0.1) is 0 Å². The zero-order valence-electron chi connectivity index (χ0n) is 10.9. The third-order valence-electron chi connectivity index (χ3n) is 2.94. The second-order valence-corrected chi connectivity index (χ2v) is 4.48. The minimum Gasteiger partial charge on any atom is -0.381 e. The minimum absolute atomic E-state index is 0.0534. The van der Waals surface area contributed by atoms with Crippen molar-refractivity contribution in [1.82, 2.24) is 0 Å². The van der Waals surface area contributed by atoms with Crippen LogP contribution >= 0.6 is 0 Å². The number of nitrogens with two attached hydrogens (primary N) is 1. The zero-order chi connectivity index (χ0) is 15.4. The van der Waals surface area contributed by atoms with E-state index in [9.17, 15) is 22.0 Å². The predicted octanol–water partition coefficient (Wildman–Crippen LogP) is 3.39. The summed E-state index contributed by atoms with van der Waals surface area (Å²) in [5.74, 6) is -1.50. The summed E-state index contributed by atoms with van der Waals surface area (Å²) in [5.41, 5.74) is 1.64. The molecule has 0 aliphatic carbocycles. The molecule has 1 rings (SSSR count). The van der Waals surface area contributed by atoms with E-state index >= 15 is 0 Å². The Balaban J connectivity index is 3.13. The smallest absolute Gasteiger partial charge is 0.381 e. The number of hydrogen-bond acceptors (Lipinski definition) is 2. The summed E-state index contributed by atoms with van der Waals surface area (Å²) in [6.45, 7) is -0.156. The van der Waals surface area contributed by atoms with Crippen molar-refractivity contribution in [3.63, 3.8) is 0 Å². The van der Waals surface area contributed by atoms with Crippen molar-refractivity contribution < 1.29 is 26.7 Å². The van der Waals surface area contributed by atoms with Crippen molar-refractivity contribution in [2.75, 3.05) is 20.3 Å². The Bertz CT molecular complexity index is 449. The van der Waals surface area contributed by atoms with Gasteiger partial charge in [0.1, 0.15) is 5.82 Å². The molecule has 0 saturated heterocycles. The molecule has 1 unspecified atom stereocenters. The molecule has 114 valence electrons. The molecule has 0 heterocycles. The maximum Gasteiger partial charge on any atom is 0.419 e. The topological polar surface area (TPSA) is 35.2 Å². The molecule has 0 saturated carbocycles. The predicted molar refractivity (Wildman–Crippen MR) is 64.4 cm³/mol. The first-order valence-electron chi connectivity index (χ1n) is 6.00. The lowest BCUT2D eigenvalue weighted by Crippen LogP contribution is -2.27. The fraction of sp³-hybridized carbons (Fsp3) is 0.538. The molecule has 0 aliphatic heterocycles. The Morgan fingerprint density at radius 3 is 2.30 bits per heavy atom. The molecule has 0 fully saturated rings. The molecule has 2 N–H and O–H groups in total. The van der Waals surface area contributed by atoms with Gasteiger partial charge in [0.05, 0.1) is 12.2 Å². The third-order valence-corrected chi connectivity index (χ3v) is 2.94. The first-order chi connectivity index (χ1) is 9.24. The lowest BCUT2D eigenvalue weighted by atomic mass is 9.90. The van der Waals surface area contributed by atoms with E-state index in [1.165, 1.54) is 7.11 Å². The summed E-state index contributed by atoms with van der Waals surface area (Å²) in [6.07, 6.45) is -4.55. The van der Waals surface area contributed by atoms with Gasteiger partial charge in [0, 0.05) is 7.11 Å². The molecular formula is C13H16F5NO. The lowest BCUT2D eigenvalue weighted by Gasteiger charge is -2.25. The molecule has 0 spiro atoms. The van der Waals surface area contributed by atoms with Crippen molar-refractivity contribution in [2.24, 2.45) is 5.73 Å². The molecular weight excluding hydrogens is 281 g/mol. The van der Waals surface area contributed by atoms with Crippen LogP contribution in [0.15, 0.2) is 18.2 Å². The fourth-order valence-corrected chi connectivity index (χ4v) is 1.93. The summed E-state index contributed by atoms with van der Waals surface area (Å²) in [4.78, 5) is 0. The molecule has 1 atom stereocenters. The van der Waals surface area contributed by atoms with Gasteiger partial charge in [0.15, 0.2) is 5.67 Å². The lowest BCUT2D eigenvalue weighted by molar-refractivity contribution is -0.140. The van der Waals surface area contributed by atoms with Gasteiger partial charge in [-0.1, -0.05) is 6.07 Å². The summed E-state index contributed by atoms with van der Waals surface area (Å²) >= 11 is 0. The monoisotopic (exact) mass is 297 g/mol. The highest BCUT2D eigenvalue weighted by atomic mass is 19.4. The summed E-state index contributed by atoms with van der Waals surface area (Å²) in [6, 6.07) is 2.04. The number of hydrogen-bond donors (Lipinski definition) is 1. The molecule has 20 heavy (non-hydrogen) atoms. The van der Waals surface area contributed by atoms with Gasteiger partial charge in [-0.25, -0.2) is 8.78 Å². The van der Waals surface area contributed by atoms with E-state index in [0.29, 0.717) is 18.6 Å². The van der Waals surface area contributed by atoms with Gasteiger partial charge >= 0.3 is 6.18 Å². The minimum atomic E-state index is -4.81. The molecule has 1 aromatic carbocycles. The van der Waals surface area contributed by atoms with E-state index in [4.69, 9.17) is 10.5 Å². The van der Waals surface area contributed by atoms with Crippen LogP contribution in [0, 0.1) is 5.82 Å². The maximum atomic E-state index is 14.7. The van der Waals surface area contributed by atoms with Crippen LogP contribution in [0.3, 0.4) is 0 Å².